The number of carbonyl (C=O) groups is 1. The molecule has 0 aliphatic heterocycles. The summed E-state index contributed by atoms with van der Waals surface area (Å²) in [5.41, 5.74) is 1.36. The Balaban J connectivity index is 1.99. The van der Waals surface area contributed by atoms with E-state index in [1.165, 1.54) is 12.8 Å². The van der Waals surface area contributed by atoms with Crippen molar-refractivity contribution in [2.45, 2.75) is 65.7 Å². The molecule has 3 aliphatic carbocycles. The number of allylic oxidation sites excluding steroid dienone is 3. The van der Waals surface area contributed by atoms with Crippen molar-refractivity contribution in [1.29, 1.82) is 0 Å². The van der Waals surface area contributed by atoms with Crippen LogP contribution in [-0.4, -0.2) is 11.1 Å². The van der Waals surface area contributed by atoms with E-state index >= 15 is 0 Å². The second-order valence-corrected chi connectivity index (χ2v) is 8.69. The van der Waals surface area contributed by atoms with Gasteiger partial charge in [0.05, 0.1) is 5.41 Å². The predicted molar refractivity (Wildman–Crippen MR) is 89.5 cm³/mol. The van der Waals surface area contributed by atoms with Gasteiger partial charge < -0.3 is 5.11 Å². The Labute approximate surface area is 134 Å². The molecule has 0 radical (unpaired) electrons. The van der Waals surface area contributed by atoms with E-state index in [4.69, 9.17) is 0 Å². The van der Waals surface area contributed by atoms with E-state index in [0.29, 0.717) is 11.8 Å². The third-order valence-corrected chi connectivity index (χ3v) is 7.38. The molecule has 122 valence electrons. The van der Waals surface area contributed by atoms with Gasteiger partial charge in [-0.15, -0.1) is 6.58 Å². The van der Waals surface area contributed by atoms with Crippen molar-refractivity contribution in [3.8, 4) is 0 Å². The first kappa shape index (κ1) is 15.8. The molecule has 0 unspecified atom stereocenters. The van der Waals surface area contributed by atoms with Gasteiger partial charge in [0.25, 0.3) is 0 Å². The Morgan fingerprint density at radius 3 is 2.64 bits per heavy atom. The highest BCUT2D eigenvalue weighted by atomic mass is 16.4. The maximum atomic E-state index is 12.0. The van der Waals surface area contributed by atoms with Crippen LogP contribution < -0.4 is 0 Å². The second kappa shape index (κ2) is 4.97. The third kappa shape index (κ3) is 2.10. The lowest BCUT2D eigenvalue weighted by Gasteiger charge is -2.59. The molecule has 0 heterocycles. The van der Waals surface area contributed by atoms with Gasteiger partial charge in [-0.2, -0.15) is 0 Å². The van der Waals surface area contributed by atoms with Gasteiger partial charge in [0.2, 0.25) is 0 Å². The van der Waals surface area contributed by atoms with E-state index in [0.717, 1.165) is 32.1 Å². The van der Waals surface area contributed by atoms with Gasteiger partial charge in [-0.25, -0.2) is 0 Å². The molecule has 0 saturated heterocycles. The van der Waals surface area contributed by atoms with Crippen LogP contribution in [0.4, 0.5) is 0 Å². The molecular weight excluding hydrogens is 272 g/mol. The van der Waals surface area contributed by atoms with Crippen LogP contribution in [0, 0.1) is 28.1 Å². The molecule has 0 aromatic rings. The van der Waals surface area contributed by atoms with Crippen molar-refractivity contribution in [3.63, 3.8) is 0 Å². The highest BCUT2D eigenvalue weighted by Crippen LogP contribution is 2.63. The zero-order valence-electron chi connectivity index (χ0n) is 14.3. The summed E-state index contributed by atoms with van der Waals surface area (Å²) >= 11 is 0. The van der Waals surface area contributed by atoms with Gasteiger partial charge in [-0.3, -0.25) is 4.79 Å². The fraction of sp³-hybridized carbons (Fsp3) is 0.750. The van der Waals surface area contributed by atoms with Crippen molar-refractivity contribution >= 4 is 5.97 Å². The first-order valence-corrected chi connectivity index (χ1v) is 8.84. The van der Waals surface area contributed by atoms with Crippen molar-refractivity contribution in [2.75, 3.05) is 0 Å². The summed E-state index contributed by atoms with van der Waals surface area (Å²) in [6.45, 7) is 10.7. The second-order valence-electron chi connectivity index (χ2n) is 8.69. The van der Waals surface area contributed by atoms with E-state index in [1.54, 1.807) is 5.57 Å². The highest BCUT2D eigenvalue weighted by molar-refractivity contribution is 5.75. The maximum Gasteiger partial charge on any atom is 0.309 e. The van der Waals surface area contributed by atoms with Gasteiger partial charge >= 0.3 is 5.97 Å². The molecule has 1 N–H and O–H groups in total. The minimum absolute atomic E-state index is 0.139. The molecular formula is C20H30O2. The molecule has 22 heavy (non-hydrogen) atoms. The maximum absolute atomic E-state index is 12.0. The first-order valence-electron chi connectivity index (χ1n) is 8.84. The molecule has 2 fully saturated rings. The van der Waals surface area contributed by atoms with Crippen LogP contribution in [0.3, 0.4) is 0 Å². The zero-order chi connectivity index (χ0) is 16.2. The van der Waals surface area contributed by atoms with Crippen LogP contribution in [0.1, 0.15) is 65.7 Å². The van der Waals surface area contributed by atoms with Gasteiger partial charge in [-0.05, 0) is 62.7 Å². The first-order chi connectivity index (χ1) is 10.3. The molecule has 0 spiro atoms. The lowest BCUT2D eigenvalue weighted by atomic mass is 9.45. The average Bonchev–Trinajstić information content (AvgIpc) is 2.46. The predicted octanol–water partition coefficient (Wildman–Crippen LogP) is 5.21. The van der Waals surface area contributed by atoms with Crippen molar-refractivity contribution < 1.29 is 9.90 Å². The Hall–Kier alpha value is -1.05. The Morgan fingerprint density at radius 1 is 1.27 bits per heavy atom. The van der Waals surface area contributed by atoms with Crippen LogP contribution in [-0.2, 0) is 4.79 Å². The summed E-state index contributed by atoms with van der Waals surface area (Å²) in [6.07, 6.45) is 12.1. The van der Waals surface area contributed by atoms with E-state index in [2.05, 4.69) is 32.6 Å². The molecule has 0 bridgehead atoms. The zero-order valence-corrected chi connectivity index (χ0v) is 14.3. The van der Waals surface area contributed by atoms with E-state index < -0.39 is 11.4 Å². The summed E-state index contributed by atoms with van der Waals surface area (Å²) in [7, 11) is 0. The monoisotopic (exact) mass is 302 g/mol. The lowest BCUT2D eigenvalue weighted by Crippen LogP contribution is -2.54. The standard InChI is InChI=1S/C20H30O2/c1-5-18(2)12-9-15-14(13-18)7-8-16-19(15,3)10-6-11-20(16,4)17(21)22/h5,13,15-16H,1,6-12H2,2-4H3,(H,21,22)/t15-,16+,18-,19+,20-/m1/s1. The van der Waals surface area contributed by atoms with Gasteiger partial charge in [-0.1, -0.05) is 38.0 Å². The molecule has 3 aliphatic rings. The van der Waals surface area contributed by atoms with E-state index in [-0.39, 0.29) is 10.8 Å². The summed E-state index contributed by atoms with van der Waals surface area (Å²) in [6, 6.07) is 0. The molecule has 5 atom stereocenters. The van der Waals surface area contributed by atoms with Crippen LogP contribution in [0.2, 0.25) is 0 Å². The van der Waals surface area contributed by atoms with E-state index in [1.807, 2.05) is 6.92 Å². The van der Waals surface area contributed by atoms with Crippen molar-refractivity contribution in [1.82, 2.24) is 0 Å². The van der Waals surface area contributed by atoms with Crippen LogP contribution in [0.25, 0.3) is 0 Å². The fourth-order valence-electron chi connectivity index (χ4n) is 5.94. The van der Waals surface area contributed by atoms with Gasteiger partial charge in [0, 0.05) is 5.41 Å². The quantitative estimate of drug-likeness (QED) is 0.711. The Morgan fingerprint density at radius 2 is 2.00 bits per heavy atom. The summed E-state index contributed by atoms with van der Waals surface area (Å²) in [4.78, 5) is 12.0. The number of aliphatic carboxylic acids is 1. The van der Waals surface area contributed by atoms with Gasteiger partial charge in [0.15, 0.2) is 0 Å². The average molecular weight is 302 g/mol. The summed E-state index contributed by atoms with van der Waals surface area (Å²) in [5, 5.41) is 9.84. The lowest BCUT2D eigenvalue weighted by molar-refractivity contribution is -0.164. The number of hydrogen-bond donors (Lipinski definition) is 1. The number of hydrogen-bond acceptors (Lipinski definition) is 1. The minimum Gasteiger partial charge on any atom is -0.481 e. The normalized spacial score (nSPS) is 47.9. The van der Waals surface area contributed by atoms with Gasteiger partial charge in [0.1, 0.15) is 0 Å². The van der Waals surface area contributed by atoms with Crippen LogP contribution >= 0.6 is 0 Å². The fourth-order valence-corrected chi connectivity index (χ4v) is 5.94. The minimum atomic E-state index is -0.581. The SMILES string of the molecule is C=C[C@@]1(C)C=C2CC[C@H]3[C@@](C)(CCC[C@@]3(C)C(=O)O)[C@@H]2CC1. The van der Waals surface area contributed by atoms with E-state index in [9.17, 15) is 9.90 Å². The highest BCUT2D eigenvalue weighted by Gasteiger charge is 2.58. The number of rotatable bonds is 2. The number of fused-ring (bicyclic) bond motifs is 3. The topological polar surface area (TPSA) is 37.3 Å². The Bertz CT molecular complexity index is 534. The Kier molecular flexibility index (Phi) is 3.58. The summed E-state index contributed by atoms with van der Waals surface area (Å²) in [5.74, 6) is 0.322. The number of carboxylic acids is 1. The number of carboxylic acid groups (broad SMARTS) is 1. The molecule has 0 aromatic heterocycles. The third-order valence-electron chi connectivity index (χ3n) is 7.38. The smallest absolute Gasteiger partial charge is 0.309 e. The van der Waals surface area contributed by atoms with Crippen LogP contribution in [0.5, 0.6) is 0 Å². The van der Waals surface area contributed by atoms with Crippen molar-refractivity contribution in [2.24, 2.45) is 28.1 Å². The van der Waals surface area contributed by atoms with Crippen LogP contribution in [0.15, 0.2) is 24.3 Å². The molecule has 2 nitrogen and oxygen atoms in total. The molecule has 3 rings (SSSR count). The molecule has 0 aromatic carbocycles. The molecule has 2 saturated carbocycles. The molecule has 2 heteroatoms. The van der Waals surface area contributed by atoms with Crippen molar-refractivity contribution in [3.05, 3.63) is 24.3 Å². The summed E-state index contributed by atoms with van der Waals surface area (Å²) < 4.78 is 0. The largest absolute Gasteiger partial charge is 0.481 e. The molecule has 0 amide bonds.